The second-order valence-corrected chi connectivity index (χ2v) is 7.44. The number of pyridine rings is 2. The predicted molar refractivity (Wildman–Crippen MR) is 103 cm³/mol. The largest absolute Gasteiger partial charge is 0.359 e. The van der Waals surface area contributed by atoms with Gasteiger partial charge in [-0.25, -0.2) is 4.98 Å². The summed E-state index contributed by atoms with van der Waals surface area (Å²) in [7, 11) is 0. The van der Waals surface area contributed by atoms with E-state index in [2.05, 4.69) is 20.3 Å². The number of hydrogen-bond donors (Lipinski definition) is 1. The molecule has 0 radical (unpaired) electrons. The Kier molecular flexibility index (Phi) is 4.48. The second-order valence-electron chi connectivity index (χ2n) is 5.38. The van der Waals surface area contributed by atoms with Gasteiger partial charge < -0.3 is 5.32 Å². The number of amidine groups is 1. The maximum Gasteiger partial charge on any atom is 0.286 e. The minimum Gasteiger partial charge on any atom is -0.359 e. The fraction of sp³-hybridized carbons (Fsp3) is 0.0556. The highest BCUT2D eigenvalue weighted by Crippen LogP contribution is 2.27. The first-order chi connectivity index (χ1) is 12.7. The molecule has 3 aromatic rings. The summed E-state index contributed by atoms with van der Waals surface area (Å²) >= 11 is 2.95. The van der Waals surface area contributed by atoms with Gasteiger partial charge in [-0.2, -0.15) is 10.3 Å². The van der Waals surface area contributed by atoms with Crippen LogP contribution in [0.25, 0.3) is 17.1 Å². The monoisotopic (exact) mass is 377 g/mol. The summed E-state index contributed by atoms with van der Waals surface area (Å²) in [6, 6.07) is 11.3. The zero-order chi connectivity index (χ0) is 17.9. The van der Waals surface area contributed by atoms with Gasteiger partial charge in [0.05, 0.1) is 33.7 Å². The smallest absolute Gasteiger partial charge is 0.286 e. The molecule has 1 N–H and O–H groups in total. The third-order valence-corrected chi connectivity index (χ3v) is 5.40. The first-order valence-corrected chi connectivity index (χ1v) is 9.36. The third kappa shape index (κ3) is 3.49. The van der Waals surface area contributed by atoms with Crippen LogP contribution in [0.2, 0.25) is 0 Å². The van der Waals surface area contributed by atoms with E-state index in [0.717, 1.165) is 0 Å². The van der Waals surface area contributed by atoms with Gasteiger partial charge in [0.15, 0.2) is 5.17 Å². The highest BCUT2D eigenvalue weighted by atomic mass is 32.2. The number of nitrogens with one attached hydrogen (secondary N) is 1. The Morgan fingerprint density at radius 2 is 2.19 bits per heavy atom. The van der Waals surface area contributed by atoms with Gasteiger partial charge in [-0.3, -0.25) is 9.78 Å². The number of carbonyl (C=O) groups is 1. The number of thiophene rings is 1. The maximum absolute atomic E-state index is 12.1. The molecule has 0 saturated heterocycles. The summed E-state index contributed by atoms with van der Waals surface area (Å²) in [6.45, 7) is 0.640. The number of nitrogens with zero attached hydrogens (tertiary/aromatic N) is 4. The first kappa shape index (κ1) is 16.4. The van der Waals surface area contributed by atoms with Crippen molar-refractivity contribution in [3.63, 3.8) is 0 Å². The van der Waals surface area contributed by atoms with Crippen molar-refractivity contribution in [2.45, 2.75) is 6.54 Å². The van der Waals surface area contributed by atoms with E-state index in [1.54, 1.807) is 29.5 Å². The van der Waals surface area contributed by atoms with Gasteiger partial charge in [0.25, 0.3) is 5.91 Å². The average molecular weight is 377 g/mol. The van der Waals surface area contributed by atoms with Gasteiger partial charge >= 0.3 is 0 Å². The minimum atomic E-state index is -0.283. The van der Waals surface area contributed by atoms with Crippen LogP contribution in [0.15, 0.2) is 51.8 Å². The number of hydrogen-bond acceptors (Lipinski definition) is 7. The van der Waals surface area contributed by atoms with Crippen molar-refractivity contribution < 1.29 is 4.79 Å². The van der Waals surface area contributed by atoms with E-state index in [9.17, 15) is 4.79 Å². The van der Waals surface area contributed by atoms with Gasteiger partial charge in [0.1, 0.15) is 6.07 Å². The Balaban J connectivity index is 1.52. The molecule has 3 aromatic heterocycles. The van der Waals surface area contributed by atoms with E-state index >= 15 is 0 Å². The molecule has 0 fully saturated rings. The minimum absolute atomic E-state index is 0.283. The van der Waals surface area contributed by atoms with Crippen molar-refractivity contribution in [1.29, 1.82) is 5.26 Å². The first-order valence-electron chi connectivity index (χ1n) is 7.67. The molecule has 0 aliphatic carbocycles. The van der Waals surface area contributed by atoms with Gasteiger partial charge in [0, 0.05) is 11.1 Å². The lowest BCUT2D eigenvalue weighted by atomic mass is 10.2. The van der Waals surface area contributed by atoms with Crippen LogP contribution in [0.4, 0.5) is 0 Å². The number of aliphatic imine (C=N–C) groups is 1. The molecule has 26 heavy (non-hydrogen) atoms. The number of aromatic nitrogens is 2. The molecule has 6 nitrogen and oxygen atoms in total. The van der Waals surface area contributed by atoms with Crippen molar-refractivity contribution in [1.82, 2.24) is 15.3 Å². The predicted octanol–water partition coefficient (Wildman–Crippen LogP) is 3.32. The molecule has 0 atom stereocenters. The summed E-state index contributed by atoms with van der Waals surface area (Å²) in [4.78, 5) is 26.5. The summed E-state index contributed by atoms with van der Waals surface area (Å²) in [6.07, 6.45) is 3.21. The van der Waals surface area contributed by atoms with Gasteiger partial charge in [-0.05, 0) is 47.5 Å². The quantitative estimate of drug-likeness (QED) is 0.704. The molecule has 0 spiro atoms. The van der Waals surface area contributed by atoms with Crippen LogP contribution in [-0.4, -0.2) is 21.0 Å². The van der Waals surface area contributed by atoms with Gasteiger partial charge in [-0.1, -0.05) is 6.07 Å². The van der Waals surface area contributed by atoms with Crippen molar-refractivity contribution in [2.75, 3.05) is 0 Å². The average Bonchev–Trinajstić information content (AvgIpc) is 3.29. The molecule has 1 aliphatic heterocycles. The number of fused-ring (bicyclic) bond motifs is 1. The molecule has 126 valence electrons. The molecular formula is C18H11N5OS2. The third-order valence-electron chi connectivity index (χ3n) is 3.58. The van der Waals surface area contributed by atoms with Crippen LogP contribution in [-0.2, 0) is 11.3 Å². The summed E-state index contributed by atoms with van der Waals surface area (Å²) in [5.41, 5.74) is 2.39. The topological polar surface area (TPSA) is 91.0 Å². The van der Waals surface area contributed by atoms with Crippen LogP contribution < -0.4 is 5.32 Å². The Labute approximate surface area is 157 Å². The molecule has 0 saturated carbocycles. The van der Waals surface area contributed by atoms with Crippen molar-refractivity contribution in [3.05, 3.63) is 62.9 Å². The fourth-order valence-corrected chi connectivity index (χ4v) is 3.80. The van der Waals surface area contributed by atoms with Gasteiger partial charge in [0.2, 0.25) is 0 Å². The Morgan fingerprint density at radius 3 is 3.00 bits per heavy atom. The van der Waals surface area contributed by atoms with Crippen LogP contribution >= 0.6 is 23.1 Å². The molecule has 1 aliphatic rings. The van der Waals surface area contributed by atoms with E-state index in [-0.39, 0.29) is 5.91 Å². The number of carbonyl (C=O) groups excluding carboxylic acids is 1. The van der Waals surface area contributed by atoms with Crippen molar-refractivity contribution in [3.8, 4) is 6.07 Å². The van der Waals surface area contributed by atoms with Crippen molar-refractivity contribution >= 4 is 51.3 Å². The van der Waals surface area contributed by atoms with E-state index in [4.69, 9.17) is 5.26 Å². The van der Waals surface area contributed by atoms with Crippen LogP contribution in [0.3, 0.4) is 0 Å². The number of amides is 1. The molecular weight excluding hydrogens is 366 g/mol. The van der Waals surface area contributed by atoms with Gasteiger partial charge in [-0.15, -0.1) is 11.3 Å². The zero-order valence-electron chi connectivity index (χ0n) is 13.3. The lowest BCUT2D eigenvalue weighted by molar-refractivity contribution is -0.113. The van der Waals surface area contributed by atoms with E-state index < -0.39 is 0 Å². The lowest BCUT2D eigenvalue weighted by Gasteiger charge is -2.02. The molecule has 4 rings (SSSR count). The standard InChI is InChI=1S/C18H11N5OS2/c19-8-11-6-15-14(20-9-11)4-3-12(22-15)7-16-17(24)23-18(26-16)21-10-13-2-1-5-25-13/h1-7,9H,10H2,(H,21,23,24)/b16-7+. The van der Waals surface area contributed by atoms with E-state index in [1.165, 1.54) is 22.8 Å². The van der Waals surface area contributed by atoms with Crippen molar-refractivity contribution in [2.24, 2.45) is 4.99 Å². The maximum atomic E-state index is 12.1. The number of rotatable bonds is 3. The Morgan fingerprint density at radius 1 is 1.27 bits per heavy atom. The Bertz CT molecular complexity index is 1100. The summed E-state index contributed by atoms with van der Waals surface area (Å²) in [5, 5.41) is 14.7. The van der Waals surface area contributed by atoms with Crippen LogP contribution in [0, 0.1) is 11.3 Å². The molecule has 1 amide bonds. The van der Waals surface area contributed by atoms with E-state index in [0.29, 0.717) is 38.9 Å². The van der Waals surface area contributed by atoms with Crippen LogP contribution in [0.5, 0.6) is 0 Å². The van der Waals surface area contributed by atoms with E-state index in [1.807, 2.05) is 29.6 Å². The molecule has 0 bridgehead atoms. The molecule has 8 heteroatoms. The highest BCUT2D eigenvalue weighted by Gasteiger charge is 2.22. The normalized spacial score (nSPS) is 15.3. The zero-order valence-corrected chi connectivity index (χ0v) is 15.0. The summed E-state index contributed by atoms with van der Waals surface area (Å²) in [5.74, 6) is -0.283. The van der Waals surface area contributed by atoms with Crippen LogP contribution in [0.1, 0.15) is 16.1 Å². The fourth-order valence-electron chi connectivity index (χ4n) is 2.36. The molecule has 0 unspecified atom stereocenters. The Hall–Kier alpha value is -3.02. The number of thioether (sulfide) groups is 1. The SMILES string of the molecule is N#Cc1cnc2ccc(/C=C3/SC(NCc4cccs4)=NC3=O)nc2c1. The lowest BCUT2D eigenvalue weighted by Crippen LogP contribution is -2.17. The summed E-state index contributed by atoms with van der Waals surface area (Å²) < 4.78 is 0. The molecule has 0 aromatic carbocycles. The molecule has 4 heterocycles. The highest BCUT2D eigenvalue weighted by molar-refractivity contribution is 8.18. The second kappa shape index (κ2) is 7.07. The number of nitriles is 1.